The van der Waals surface area contributed by atoms with Crippen LogP contribution >= 0.6 is 0 Å². The van der Waals surface area contributed by atoms with Gasteiger partial charge in [0.2, 0.25) is 5.91 Å². The third-order valence-electron chi connectivity index (χ3n) is 6.74. The maximum absolute atomic E-state index is 14.9. The lowest BCUT2D eigenvalue weighted by molar-refractivity contribution is -0.141. The monoisotopic (exact) mass is 525 g/mol. The second kappa shape index (κ2) is 9.62. The van der Waals surface area contributed by atoms with Gasteiger partial charge in [-0.1, -0.05) is 12.1 Å². The summed E-state index contributed by atoms with van der Waals surface area (Å²) in [6.45, 7) is 5.27. The van der Waals surface area contributed by atoms with Crippen LogP contribution in [0.25, 0.3) is 11.3 Å². The second-order valence-corrected chi connectivity index (χ2v) is 10.7. The number of piperidine rings is 1. The first-order valence-electron chi connectivity index (χ1n) is 12.1. The van der Waals surface area contributed by atoms with Gasteiger partial charge in [-0.25, -0.2) is 9.18 Å². The number of rotatable bonds is 5. The van der Waals surface area contributed by atoms with Gasteiger partial charge in [0, 0.05) is 25.1 Å². The molecule has 0 spiro atoms. The van der Waals surface area contributed by atoms with Crippen molar-refractivity contribution in [2.45, 2.75) is 76.5 Å². The standard InChI is InChI=1S/C25H31F4N5O3/c1-24(2,3)37-23(36)34-16-8-7-15(9-16)21(34)22(35)31-20(30)11-13-5-6-14(10-17(13)26)18-12-19(25(27,28)29)32-33(18)4/h5-6,10,12,15-16,20-21H,7-9,11,30H2,1-4H3,(H,31,35)/t15-,16+,20-,21-/m0/s1. The number of benzene rings is 1. The van der Waals surface area contributed by atoms with E-state index >= 15 is 0 Å². The van der Waals surface area contributed by atoms with Crippen LogP contribution in [0.3, 0.4) is 0 Å². The van der Waals surface area contributed by atoms with Crippen LogP contribution in [0.1, 0.15) is 51.3 Å². The first-order valence-corrected chi connectivity index (χ1v) is 12.1. The van der Waals surface area contributed by atoms with Crippen molar-refractivity contribution < 1.29 is 31.9 Å². The lowest BCUT2D eigenvalue weighted by Crippen LogP contribution is -2.57. The van der Waals surface area contributed by atoms with E-state index in [9.17, 15) is 27.2 Å². The van der Waals surface area contributed by atoms with E-state index < -0.39 is 47.5 Å². The van der Waals surface area contributed by atoms with Crippen molar-refractivity contribution in [2.24, 2.45) is 18.7 Å². The summed E-state index contributed by atoms with van der Waals surface area (Å²) in [7, 11) is 1.35. The summed E-state index contributed by atoms with van der Waals surface area (Å²) in [5.41, 5.74) is 4.86. The van der Waals surface area contributed by atoms with E-state index in [4.69, 9.17) is 10.5 Å². The van der Waals surface area contributed by atoms with Gasteiger partial charge < -0.3 is 15.8 Å². The van der Waals surface area contributed by atoms with Crippen LogP contribution in [0.5, 0.6) is 0 Å². The summed E-state index contributed by atoms with van der Waals surface area (Å²) in [6.07, 6.45) is -3.82. The number of carbonyl (C=O) groups excluding carboxylic acids is 2. The fourth-order valence-corrected chi connectivity index (χ4v) is 5.21. The molecule has 202 valence electrons. The number of nitrogens with zero attached hydrogens (tertiary/aromatic N) is 3. The highest BCUT2D eigenvalue weighted by Crippen LogP contribution is 2.43. The zero-order chi connectivity index (χ0) is 27.3. The number of halogens is 4. The molecule has 0 unspecified atom stereocenters. The number of aryl methyl sites for hydroxylation is 1. The highest BCUT2D eigenvalue weighted by atomic mass is 19.4. The molecule has 3 N–H and O–H groups in total. The van der Waals surface area contributed by atoms with E-state index in [1.807, 2.05) is 0 Å². The van der Waals surface area contributed by atoms with Crippen LogP contribution in [0.15, 0.2) is 24.3 Å². The number of nitrogens with one attached hydrogen (secondary N) is 1. The molecule has 4 atom stereocenters. The number of carbonyl (C=O) groups is 2. The predicted molar refractivity (Wildman–Crippen MR) is 126 cm³/mol. The summed E-state index contributed by atoms with van der Waals surface area (Å²) in [5, 5.41) is 6.14. The summed E-state index contributed by atoms with van der Waals surface area (Å²) in [5.74, 6) is -1.09. The Hall–Kier alpha value is -3.15. The first kappa shape index (κ1) is 26.9. The van der Waals surface area contributed by atoms with E-state index in [1.54, 1.807) is 20.8 Å². The van der Waals surface area contributed by atoms with Gasteiger partial charge in [0.15, 0.2) is 5.69 Å². The van der Waals surface area contributed by atoms with Crippen LogP contribution in [0.4, 0.5) is 22.4 Å². The van der Waals surface area contributed by atoms with Crippen LogP contribution in [-0.2, 0) is 29.2 Å². The molecule has 37 heavy (non-hydrogen) atoms. The Bertz CT molecular complexity index is 1190. The van der Waals surface area contributed by atoms with Crippen molar-refractivity contribution in [3.63, 3.8) is 0 Å². The molecule has 8 nitrogen and oxygen atoms in total. The summed E-state index contributed by atoms with van der Waals surface area (Å²) in [6, 6.07) is 4.08. The normalized spacial score (nSPS) is 22.3. The molecule has 1 aliphatic heterocycles. The molecule has 2 aliphatic rings. The zero-order valence-corrected chi connectivity index (χ0v) is 21.1. The van der Waals surface area contributed by atoms with Gasteiger partial charge in [-0.05, 0) is 63.6 Å². The SMILES string of the molecule is Cn1nc(C(F)(F)F)cc1-c1ccc(C[C@@H](N)NC(=O)[C@@H]2[C@H]3CC[C@H](C3)N2C(=O)OC(C)(C)C)c(F)c1. The van der Waals surface area contributed by atoms with Gasteiger partial charge in [-0.3, -0.25) is 14.4 Å². The van der Waals surface area contributed by atoms with Crippen LogP contribution < -0.4 is 11.1 Å². The molecule has 1 aromatic carbocycles. The van der Waals surface area contributed by atoms with Gasteiger partial charge in [0.05, 0.1) is 11.9 Å². The minimum atomic E-state index is -4.61. The maximum atomic E-state index is 14.9. The Morgan fingerprint density at radius 2 is 1.92 bits per heavy atom. The molecule has 2 amide bonds. The van der Waals surface area contributed by atoms with E-state index in [0.29, 0.717) is 6.42 Å². The lowest BCUT2D eigenvalue weighted by Gasteiger charge is -2.36. The molecular weight excluding hydrogens is 494 g/mol. The Kier molecular flexibility index (Phi) is 7.00. The molecule has 2 fully saturated rings. The minimum absolute atomic E-state index is 0.00113. The zero-order valence-electron chi connectivity index (χ0n) is 21.1. The van der Waals surface area contributed by atoms with Crippen molar-refractivity contribution in [1.82, 2.24) is 20.0 Å². The average Bonchev–Trinajstić information content (AvgIpc) is 3.47. The number of hydrogen-bond acceptors (Lipinski definition) is 5. The topological polar surface area (TPSA) is 102 Å². The third-order valence-corrected chi connectivity index (χ3v) is 6.74. The number of hydrogen-bond donors (Lipinski definition) is 2. The Morgan fingerprint density at radius 1 is 1.22 bits per heavy atom. The average molecular weight is 526 g/mol. The van der Waals surface area contributed by atoms with Gasteiger partial charge in [0.1, 0.15) is 17.5 Å². The highest BCUT2D eigenvalue weighted by molar-refractivity contribution is 5.87. The highest BCUT2D eigenvalue weighted by Gasteiger charge is 2.52. The van der Waals surface area contributed by atoms with E-state index in [0.717, 1.165) is 29.7 Å². The third kappa shape index (κ3) is 5.73. The fourth-order valence-electron chi connectivity index (χ4n) is 5.21. The van der Waals surface area contributed by atoms with Crippen molar-refractivity contribution >= 4 is 12.0 Å². The Labute approximate surface area is 212 Å². The Balaban J connectivity index is 1.43. The van der Waals surface area contributed by atoms with Gasteiger partial charge in [-0.2, -0.15) is 18.3 Å². The van der Waals surface area contributed by atoms with Crippen LogP contribution in [0, 0.1) is 11.7 Å². The number of likely N-dealkylation sites (tertiary alicyclic amines) is 1. The number of aromatic nitrogens is 2. The molecule has 1 aromatic heterocycles. The quantitative estimate of drug-likeness (QED) is 0.454. The van der Waals surface area contributed by atoms with Crippen LogP contribution in [-0.4, -0.2) is 50.5 Å². The minimum Gasteiger partial charge on any atom is -0.444 e. The molecule has 4 rings (SSSR count). The van der Waals surface area contributed by atoms with Gasteiger partial charge in [-0.15, -0.1) is 0 Å². The summed E-state index contributed by atoms with van der Waals surface area (Å²) >= 11 is 0. The van der Waals surface area contributed by atoms with Crippen molar-refractivity contribution in [3.8, 4) is 11.3 Å². The molecule has 2 aromatic rings. The number of ether oxygens (including phenoxy) is 1. The molecule has 1 aliphatic carbocycles. The van der Waals surface area contributed by atoms with Crippen LogP contribution in [0.2, 0.25) is 0 Å². The predicted octanol–water partition coefficient (Wildman–Crippen LogP) is 3.98. The summed E-state index contributed by atoms with van der Waals surface area (Å²) in [4.78, 5) is 27.4. The van der Waals surface area contributed by atoms with E-state index in [-0.39, 0.29) is 35.2 Å². The van der Waals surface area contributed by atoms with Gasteiger partial charge in [0.25, 0.3) is 0 Å². The van der Waals surface area contributed by atoms with Crippen molar-refractivity contribution in [1.29, 1.82) is 0 Å². The van der Waals surface area contributed by atoms with Crippen molar-refractivity contribution in [3.05, 3.63) is 41.3 Å². The van der Waals surface area contributed by atoms with E-state index in [2.05, 4.69) is 10.4 Å². The molecule has 2 bridgehead atoms. The fraction of sp³-hybridized carbons (Fsp3) is 0.560. The molecule has 2 heterocycles. The summed E-state index contributed by atoms with van der Waals surface area (Å²) < 4.78 is 60.3. The van der Waals surface area contributed by atoms with E-state index in [1.165, 1.54) is 24.1 Å². The molecule has 0 radical (unpaired) electrons. The van der Waals surface area contributed by atoms with Crippen molar-refractivity contribution in [2.75, 3.05) is 0 Å². The molecule has 1 saturated carbocycles. The number of fused-ring (bicyclic) bond motifs is 2. The molecule has 12 heteroatoms. The second-order valence-electron chi connectivity index (χ2n) is 10.7. The number of nitrogens with two attached hydrogens (primary N) is 1. The lowest BCUT2D eigenvalue weighted by atomic mass is 9.97. The molecule has 1 saturated heterocycles. The largest absolute Gasteiger partial charge is 0.444 e. The Morgan fingerprint density at radius 3 is 2.51 bits per heavy atom. The number of alkyl halides is 3. The smallest absolute Gasteiger partial charge is 0.435 e. The maximum Gasteiger partial charge on any atom is 0.435 e. The first-order chi connectivity index (χ1) is 17.1. The number of amides is 2. The van der Waals surface area contributed by atoms with Gasteiger partial charge >= 0.3 is 12.3 Å². The molecular formula is C25H31F4N5O3.